The molecule has 3 atom stereocenters. The average Bonchev–Trinajstić information content (AvgIpc) is 2.16. The maximum absolute atomic E-state index is 11.0. The van der Waals surface area contributed by atoms with Gasteiger partial charge >= 0.3 is 5.97 Å². The molecule has 1 fully saturated rings. The molecule has 78 valence electrons. The van der Waals surface area contributed by atoms with Crippen molar-refractivity contribution in [2.24, 2.45) is 5.92 Å². The first-order chi connectivity index (χ1) is 6.56. The molecule has 4 heteroatoms. The van der Waals surface area contributed by atoms with Gasteiger partial charge in [-0.15, -0.1) is 0 Å². The summed E-state index contributed by atoms with van der Waals surface area (Å²) in [5.41, 5.74) is 0. The molecular weight excluding hydrogens is 180 g/mol. The highest BCUT2D eigenvalue weighted by atomic mass is 16.4. The smallest absolute Gasteiger partial charge is 0.320 e. The highest BCUT2D eigenvalue weighted by Crippen LogP contribution is 2.24. The average molecular weight is 196 g/mol. The van der Waals surface area contributed by atoms with Crippen LogP contribution in [0.3, 0.4) is 0 Å². The minimum Gasteiger partial charge on any atom is -0.480 e. The van der Waals surface area contributed by atoms with Crippen LogP contribution in [0, 0.1) is 17.2 Å². The Labute approximate surface area is 84.1 Å². The molecule has 0 aromatic rings. The lowest BCUT2D eigenvalue weighted by molar-refractivity contribution is -0.145. The predicted molar refractivity (Wildman–Crippen MR) is 51.6 cm³/mol. The number of carboxylic acid groups (broad SMARTS) is 1. The van der Waals surface area contributed by atoms with Crippen LogP contribution in [0.2, 0.25) is 0 Å². The molecule has 1 aliphatic rings. The molecule has 0 saturated carbocycles. The number of nitrogens with zero attached hydrogens (tertiary/aromatic N) is 2. The molecule has 1 saturated heterocycles. The summed E-state index contributed by atoms with van der Waals surface area (Å²) in [6, 6.07) is 1.32. The van der Waals surface area contributed by atoms with Crippen LogP contribution in [0.5, 0.6) is 0 Å². The van der Waals surface area contributed by atoms with Gasteiger partial charge in [-0.25, -0.2) is 0 Å². The third-order valence-electron chi connectivity index (χ3n) is 2.88. The van der Waals surface area contributed by atoms with Crippen LogP contribution in [0.15, 0.2) is 0 Å². The van der Waals surface area contributed by atoms with Crippen LogP contribution in [-0.4, -0.2) is 34.6 Å². The van der Waals surface area contributed by atoms with E-state index in [-0.39, 0.29) is 6.04 Å². The molecule has 0 amide bonds. The lowest BCUT2D eigenvalue weighted by Gasteiger charge is -2.37. The summed E-state index contributed by atoms with van der Waals surface area (Å²) in [5.74, 6) is -0.364. The normalized spacial score (nSPS) is 30.6. The zero-order valence-corrected chi connectivity index (χ0v) is 8.60. The lowest BCUT2D eigenvalue weighted by Crippen LogP contribution is -2.50. The van der Waals surface area contributed by atoms with Gasteiger partial charge in [0, 0.05) is 6.54 Å². The van der Waals surface area contributed by atoms with Gasteiger partial charge in [0.2, 0.25) is 0 Å². The second-order valence-electron chi connectivity index (χ2n) is 4.03. The van der Waals surface area contributed by atoms with Crippen molar-refractivity contribution in [3.63, 3.8) is 0 Å². The number of likely N-dealkylation sites (tertiary alicyclic amines) is 1. The Hall–Kier alpha value is -1.08. The minimum atomic E-state index is -0.807. The molecule has 14 heavy (non-hydrogen) atoms. The number of carbonyl (C=O) groups is 1. The van der Waals surface area contributed by atoms with E-state index in [0.29, 0.717) is 18.9 Å². The Morgan fingerprint density at radius 2 is 2.36 bits per heavy atom. The third kappa shape index (κ3) is 2.24. The fourth-order valence-electron chi connectivity index (χ4n) is 1.94. The molecule has 0 radical (unpaired) electrons. The Morgan fingerprint density at radius 1 is 1.71 bits per heavy atom. The van der Waals surface area contributed by atoms with Crippen LogP contribution in [0.4, 0.5) is 0 Å². The Morgan fingerprint density at radius 3 is 2.86 bits per heavy atom. The molecule has 0 bridgehead atoms. The van der Waals surface area contributed by atoms with Gasteiger partial charge < -0.3 is 5.11 Å². The van der Waals surface area contributed by atoms with Crippen LogP contribution in [0.1, 0.15) is 26.7 Å². The quantitative estimate of drug-likeness (QED) is 0.717. The molecule has 1 rings (SSSR count). The molecule has 1 aliphatic heterocycles. The van der Waals surface area contributed by atoms with E-state index in [1.165, 1.54) is 0 Å². The first kappa shape index (κ1) is 11.0. The van der Waals surface area contributed by atoms with Crippen LogP contribution in [0.25, 0.3) is 0 Å². The highest BCUT2D eigenvalue weighted by molar-refractivity contribution is 5.73. The summed E-state index contributed by atoms with van der Waals surface area (Å²) in [7, 11) is 0. The van der Waals surface area contributed by atoms with Gasteiger partial charge in [-0.1, -0.05) is 6.92 Å². The Kier molecular flexibility index (Phi) is 3.48. The molecule has 0 spiro atoms. The van der Waals surface area contributed by atoms with Crippen molar-refractivity contribution < 1.29 is 9.90 Å². The summed E-state index contributed by atoms with van der Waals surface area (Å²) < 4.78 is 0. The number of piperidine rings is 1. The third-order valence-corrected chi connectivity index (χ3v) is 2.88. The predicted octanol–water partition coefficient (Wildman–Crippen LogP) is 1.08. The zero-order valence-electron chi connectivity index (χ0n) is 8.60. The molecule has 1 heterocycles. The number of carboxylic acids is 1. The van der Waals surface area contributed by atoms with Crippen LogP contribution >= 0.6 is 0 Å². The number of hydrogen-bond acceptors (Lipinski definition) is 3. The molecule has 4 nitrogen and oxygen atoms in total. The Bertz CT molecular complexity index is 259. The van der Waals surface area contributed by atoms with Gasteiger partial charge in [-0.2, -0.15) is 5.26 Å². The molecule has 0 aliphatic carbocycles. The van der Waals surface area contributed by atoms with Crippen molar-refractivity contribution in [3.05, 3.63) is 0 Å². The van der Waals surface area contributed by atoms with E-state index in [1.807, 2.05) is 0 Å². The van der Waals surface area contributed by atoms with Gasteiger partial charge in [0.05, 0.1) is 12.1 Å². The van der Waals surface area contributed by atoms with Gasteiger partial charge in [-0.3, -0.25) is 9.69 Å². The van der Waals surface area contributed by atoms with Gasteiger partial charge in [0.1, 0.15) is 6.04 Å². The molecule has 3 unspecified atom stereocenters. The SMILES string of the molecule is CC1CCN(C(C)C#N)C(C(=O)O)C1. The largest absolute Gasteiger partial charge is 0.480 e. The van der Waals surface area contributed by atoms with E-state index in [0.717, 1.165) is 6.42 Å². The van der Waals surface area contributed by atoms with Crippen LogP contribution < -0.4 is 0 Å². The van der Waals surface area contributed by atoms with Crippen LogP contribution in [-0.2, 0) is 4.79 Å². The van der Waals surface area contributed by atoms with Gasteiger partial charge in [-0.05, 0) is 25.7 Å². The Balaban J connectivity index is 2.73. The lowest BCUT2D eigenvalue weighted by atomic mass is 9.91. The van der Waals surface area contributed by atoms with E-state index in [2.05, 4.69) is 13.0 Å². The molecule has 0 aromatic carbocycles. The molecular formula is C10H16N2O2. The zero-order chi connectivity index (χ0) is 10.7. The van der Waals surface area contributed by atoms with Crippen molar-refractivity contribution in [1.82, 2.24) is 4.90 Å². The first-order valence-electron chi connectivity index (χ1n) is 4.94. The standard InChI is InChI=1S/C10H16N2O2/c1-7-3-4-12(8(2)6-11)9(5-7)10(13)14/h7-9H,3-5H2,1-2H3,(H,13,14). The maximum atomic E-state index is 11.0. The van der Waals surface area contributed by atoms with Crippen molar-refractivity contribution >= 4 is 5.97 Å². The minimum absolute atomic E-state index is 0.302. The maximum Gasteiger partial charge on any atom is 0.320 e. The highest BCUT2D eigenvalue weighted by Gasteiger charge is 2.34. The van der Waals surface area contributed by atoms with Gasteiger partial charge in [0.25, 0.3) is 0 Å². The number of aliphatic carboxylic acids is 1. The topological polar surface area (TPSA) is 64.3 Å². The monoisotopic (exact) mass is 196 g/mol. The number of hydrogen-bond donors (Lipinski definition) is 1. The summed E-state index contributed by atoms with van der Waals surface area (Å²) in [4.78, 5) is 12.8. The van der Waals surface area contributed by atoms with Crippen molar-refractivity contribution in [2.75, 3.05) is 6.54 Å². The van der Waals surface area contributed by atoms with E-state index in [1.54, 1.807) is 11.8 Å². The molecule has 0 aromatic heterocycles. The molecule has 1 N–H and O–H groups in total. The van der Waals surface area contributed by atoms with E-state index < -0.39 is 12.0 Å². The second kappa shape index (κ2) is 4.43. The summed E-state index contributed by atoms with van der Waals surface area (Å²) in [6.45, 7) is 4.53. The summed E-state index contributed by atoms with van der Waals surface area (Å²) >= 11 is 0. The number of rotatable bonds is 2. The van der Waals surface area contributed by atoms with E-state index >= 15 is 0 Å². The van der Waals surface area contributed by atoms with Crippen molar-refractivity contribution in [2.45, 2.75) is 38.8 Å². The number of nitriles is 1. The van der Waals surface area contributed by atoms with E-state index in [4.69, 9.17) is 10.4 Å². The summed E-state index contributed by atoms with van der Waals surface area (Å²) in [6.07, 6.45) is 1.64. The van der Waals surface area contributed by atoms with Crippen molar-refractivity contribution in [1.29, 1.82) is 5.26 Å². The van der Waals surface area contributed by atoms with E-state index in [9.17, 15) is 4.79 Å². The van der Waals surface area contributed by atoms with Gasteiger partial charge in [0.15, 0.2) is 0 Å². The van der Waals surface area contributed by atoms with Crippen molar-refractivity contribution in [3.8, 4) is 6.07 Å². The summed E-state index contributed by atoms with van der Waals surface area (Å²) in [5, 5.41) is 17.8. The first-order valence-corrected chi connectivity index (χ1v) is 4.94. The second-order valence-corrected chi connectivity index (χ2v) is 4.03. The fraction of sp³-hybridized carbons (Fsp3) is 0.800. The fourth-order valence-corrected chi connectivity index (χ4v) is 1.94.